The molecule has 5 heteroatoms. The molecule has 0 radical (unpaired) electrons. The first kappa shape index (κ1) is 14.5. The molecular formula is C15H23N5. The van der Waals surface area contributed by atoms with Crippen LogP contribution in [0.5, 0.6) is 0 Å². The minimum absolute atomic E-state index is 0.674. The van der Waals surface area contributed by atoms with E-state index in [9.17, 15) is 0 Å². The summed E-state index contributed by atoms with van der Waals surface area (Å²) in [6, 6.07) is 0. The lowest BCUT2D eigenvalue weighted by atomic mass is 10.1. The van der Waals surface area contributed by atoms with Crippen molar-refractivity contribution in [2.24, 2.45) is 0 Å². The molecule has 20 heavy (non-hydrogen) atoms. The number of hydrogen-bond donors (Lipinski definition) is 1. The van der Waals surface area contributed by atoms with E-state index in [0.717, 1.165) is 36.6 Å². The van der Waals surface area contributed by atoms with Gasteiger partial charge in [0.15, 0.2) is 0 Å². The van der Waals surface area contributed by atoms with Gasteiger partial charge in [0.25, 0.3) is 0 Å². The van der Waals surface area contributed by atoms with E-state index in [2.05, 4.69) is 48.1 Å². The summed E-state index contributed by atoms with van der Waals surface area (Å²) >= 11 is 0. The molecule has 0 spiro atoms. The Hall–Kier alpha value is -1.91. The second kappa shape index (κ2) is 6.50. The molecule has 1 N–H and O–H groups in total. The van der Waals surface area contributed by atoms with Gasteiger partial charge in [-0.3, -0.25) is 9.67 Å². The summed E-state index contributed by atoms with van der Waals surface area (Å²) in [5.41, 5.74) is 4.60. The van der Waals surface area contributed by atoms with Gasteiger partial charge in [-0.05, 0) is 32.3 Å². The fourth-order valence-electron chi connectivity index (χ4n) is 2.33. The van der Waals surface area contributed by atoms with Crippen molar-refractivity contribution < 1.29 is 0 Å². The highest BCUT2D eigenvalue weighted by molar-refractivity contribution is 5.31. The second-order valence-corrected chi connectivity index (χ2v) is 4.98. The number of rotatable bonds is 6. The highest BCUT2D eigenvalue weighted by Gasteiger charge is 2.10. The van der Waals surface area contributed by atoms with Crippen molar-refractivity contribution in [2.75, 3.05) is 11.9 Å². The van der Waals surface area contributed by atoms with Crippen LogP contribution in [0, 0.1) is 13.8 Å². The summed E-state index contributed by atoms with van der Waals surface area (Å²) in [4.78, 5) is 8.82. The zero-order valence-electron chi connectivity index (χ0n) is 12.8. The molecule has 0 aliphatic heterocycles. The molecule has 0 fully saturated rings. The predicted molar refractivity (Wildman–Crippen MR) is 81.0 cm³/mol. The summed E-state index contributed by atoms with van der Waals surface area (Å²) in [5, 5.41) is 7.80. The fraction of sp³-hybridized carbons (Fsp3) is 0.533. The van der Waals surface area contributed by atoms with Gasteiger partial charge in [-0.15, -0.1) is 0 Å². The third-order valence-corrected chi connectivity index (χ3v) is 3.46. The highest BCUT2D eigenvalue weighted by atomic mass is 15.3. The summed E-state index contributed by atoms with van der Waals surface area (Å²) in [5.74, 6) is 0.832. The monoisotopic (exact) mass is 273 g/mol. The Balaban J connectivity index is 2.10. The molecule has 0 saturated carbocycles. The molecule has 0 atom stereocenters. The van der Waals surface area contributed by atoms with Crippen molar-refractivity contribution >= 4 is 5.82 Å². The van der Waals surface area contributed by atoms with Gasteiger partial charge in [0.1, 0.15) is 5.82 Å². The average molecular weight is 273 g/mol. The Morgan fingerprint density at radius 2 is 1.95 bits per heavy atom. The van der Waals surface area contributed by atoms with E-state index in [0.29, 0.717) is 6.54 Å². The maximum atomic E-state index is 4.58. The van der Waals surface area contributed by atoms with Crippen LogP contribution >= 0.6 is 0 Å². The van der Waals surface area contributed by atoms with Crippen molar-refractivity contribution in [3.63, 3.8) is 0 Å². The van der Waals surface area contributed by atoms with Gasteiger partial charge >= 0.3 is 0 Å². The number of nitrogens with one attached hydrogen (secondary N) is 1. The molecule has 2 heterocycles. The van der Waals surface area contributed by atoms with Crippen molar-refractivity contribution in [1.82, 2.24) is 19.7 Å². The average Bonchev–Trinajstić information content (AvgIpc) is 2.72. The van der Waals surface area contributed by atoms with E-state index in [1.54, 1.807) is 6.20 Å². The molecule has 0 aliphatic rings. The zero-order valence-corrected chi connectivity index (χ0v) is 12.8. The molecule has 5 nitrogen and oxygen atoms in total. The van der Waals surface area contributed by atoms with Crippen LogP contribution < -0.4 is 5.32 Å². The van der Waals surface area contributed by atoms with Crippen LogP contribution in [-0.2, 0) is 13.0 Å². The maximum Gasteiger partial charge on any atom is 0.144 e. The van der Waals surface area contributed by atoms with E-state index in [-0.39, 0.29) is 0 Å². The summed E-state index contributed by atoms with van der Waals surface area (Å²) < 4.78 is 2.01. The molecule has 2 aromatic rings. The van der Waals surface area contributed by atoms with Gasteiger partial charge in [0.05, 0.1) is 30.3 Å². The van der Waals surface area contributed by atoms with Gasteiger partial charge in [-0.1, -0.05) is 13.8 Å². The smallest absolute Gasteiger partial charge is 0.144 e. The molecule has 0 aromatic carbocycles. The van der Waals surface area contributed by atoms with Gasteiger partial charge in [-0.25, -0.2) is 4.98 Å². The number of anilines is 1. The molecule has 2 aromatic heterocycles. The Labute approximate surface area is 120 Å². The van der Waals surface area contributed by atoms with Crippen LogP contribution in [0.15, 0.2) is 12.4 Å². The lowest BCUT2D eigenvalue weighted by Crippen LogP contribution is -2.08. The second-order valence-electron chi connectivity index (χ2n) is 4.98. The molecule has 0 unspecified atom stereocenters. The van der Waals surface area contributed by atoms with Crippen molar-refractivity contribution in [3.05, 3.63) is 35.0 Å². The fourth-order valence-corrected chi connectivity index (χ4v) is 2.33. The van der Waals surface area contributed by atoms with Crippen LogP contribution in [0.2, 0.25) is 0 Å². The minimum Gasteiger partial charge on any atom is -0.369 e. The van der Waals surface area contributed by atoms with Crippen molar-refractivity contribution in [2.45, 2.75) is 47.1 Å². The first-order valence-corrected chi connectivity index (χ1v) is 7.23. The van der Waals surface area contributed by atoms with Crippen molar-refractivity contribution in [1.29, 1.82) is 0 Å². The minimum atomic E-state index is 0.674. The van der Waals surface area contributed by atoms with Gasteiger partial charge in [0.2, 0.25) is 0 Å². The highest BCUT2D eigenvalue weighted by Crippen LogP contribution is 2.14. The quantitative estimate of drug-likeness (QED) is 0.879. The first-order chi connectivity index (χ1) is 9.65. The summed E-state index contributed by atoms with van der Waals surface area (Å²) in [6.45, 7) is 10.1. The summed E-state index contributed by atoms with van der Waals surface area (Å²) in [7, 11) is 0. The van der Waals surface area contributed by atoms with Crippen LogP contribution in [0.3, 0.4) is 0 Å². The van der Waals surface area contributed by atoms with Crippen molar-refractivity contribution in [3.8, 4) is 0 Å². The molecule has 0 bridgehead atoms. The lowest BCUT2D eigenvalue weighted by Gasteiger charge is -2.06. The number of nitrogens with zero attached hydrogens (tertiary/aromatic N) is 4. The molecule has 0 aliphatic carbocycles. The predicted octanol–water partition coefficient (Wildman–Crippen LogP) is 2.72. The number of aryl methyl sites for hydroxylation is 1. The molecule has 108 valence electrons. The van der Waals surface area contributed by atoms with Crippen LogP contribution in [-0.4, -0.2) is 26.3 Å². The van der Waals surface area contributed by atoms with E-state index >= 15 is 0 Å². The number of hydrogen-bond acceptors (Lipinski definition) is 4. The Kier molecular flexibility index (Phi) is 4.71. The summed E-state index contributed by atoms with van der Waals surface area (Å²) in [6.07, 6.45) is 5.70. The topological polar surface area (TPSA) is 55.6 Å². The Morgan fingerprint density at radius 1 is 1.15 bits per heavy atom. The standard InChI is InChI=1S/C15H23N5/c1-5-7-16-15-9-17-13(8-18-15)10-20-12(4)14(6-2)11(3)19-20/h8-9H,5-7,10H2,1-4H3,(H,16,18). The van der Waals surface area contributed by atoms with Gasteiger partial charge < -0.3 is 5.32 Å². The molecule has 0 amide bonds. The maximum absolute atomic E-state index is 4.58. The molecule has 2 rings (SSSR count). The largest absolute Gasteiger partial charge is 0.369 e. The normalized spacial score (nSPS) is 10.8. The lowest BCUT2D eigenvalue weighted by molar-refractivity contribution is 0.643. The van der Waals surface area contributed by atoms with Crippen LogP contribution in [0.25, 0.3) is 0 Å². The Morgan fingerprint density at radius 3 is 2.50 bits per heavy atom. The SMILES string of the molecule is CCCNc1cnc(Cn2nc(C)c(CC)c2C)cn1. The number of aromatic nitrogens is 4. The molecular weight excluding hydrogens is 250 g/mol. The van der Waals surface area contributed by atoms with Crippen LogP contribution in [0.1, 0.15) is 42.9 Å². The third kappa shape index (κ3) is 3.15. The first-order valence-electron chi connectivity index (χ1n) is 7.23. The van der Waals surface area contributed by atoms with Crippen LogP contribution in [0.4, 0.5) is 5.82 Å². The third-order valence-electron chi connectivity index (χ3n) is 3.46. The van der Waals surface area contributed by atoms with Gasteiger partial charge in [0, 0.05) is 12.2 Å². The van der Waals surface area contributed by atoms with Gasteiger partial charge in [-0.2, -0.15) is 5.10 Å². The van der Waals surface area contributed by atoms with E-state index in [1.165, 1.54) is 11.3 Å². The molecule has 0 saturated heterocycles. The van der Waals surface area contributed by atoms with E-state index < -0.39 is 0 Å². The Bertz CT molecular complexity index is 556. The van der Waals surface area contributed by atoms with E-state index in [4.69, 9.17) is 0 Å². The zero-order chi connectivity index (χ0) is 14.5. The van der Waals surface area contributed by atoms with E-state index in [1.807, 2.05) is 10.9 Å².